The number of pyridine rings is 1. The Labute approximate surface area is 132 Å². The minimum Gasteiger partial charge on any atom is -0.337 e. The van der Waals surface area contributed by atoms with Gasteiger partial charge < -0.3 is 9.84 Å². The number of nitrogens with zero attached hydrogens (tertiary/aromatic N) is 3. The number of hydrogen-bond acceptors (Lipinski definition) is 7. The first kappa shape index (κ1) is 14.9. The predicted molar refractivity (Wildman–Crippen MR) is 87.5 cm³/mol. The minimum absolute atomic E-state index is 0.0622. The fourth-order valence-electron chi connectivity index (χ4n) is 2.16. The van der Waals surface area contributed by atoms with Crippen molar-refractivity contribution in [2.45, 2.75) is 19.0 Å². The van der Waals surface area contributed by atoms with Crippen molar-refractivity contribution in [2.75, 3.05) is 23.0 Å². The van der Waals surface area contributed by atoms with Crippen molar-refractivity contribution in [3.05, 3.63) is 30.4 Å². The molecule has 112 valence electrons. The van der Waals surface area contributed by atoms with Gasteiger partial charge >= 0.3 is 0 Å². The van der Waals surface area contributed by atoms with E-state index in [0.29, 0.717) is 17.8 Å². The van der Waals surface area contributed by atoms with E-state index in [2.05, 4.69) is 27.4 Å². The first-order valence-corrected chi connectivity index (χ1v) is 9.29. The molecule has 7 heteroatoms. The molecule has 1 unspecified atom stereocenters. The van der Waals surface area contributed by atoms with Gasteiger partial charge in [-0.1, -0.05) is 5.16 Å². The molecule has 3 heterocycles. The Morgan fingerprint density at radius 1 is 1.33 bits per heavy atom. The third kappa shape index (κ3) is 3.99. The second-order valence-electron chi connectivity index (χ2n) is 4.93. The summed E-state index contributed by atoms with van der Waals surface area (Å²) < 4.78 is 5.39. The van der Waals surface area contributed by atoms with E-state index in [1.54, 1.807) is 12.4 Å². The summed E-state index contributed by atoms with van der Waals surface area (Å²) in [5.41, 5.74) is 0.875. The molecule has 1 saturated heterocycles. The van der Waals surface area contributed by atoms with E-state index in [0.717, 1.165) is 17.1 Å². The lowest BCUT2D eigenvalue weighted by molar-refractivity contribution is 0.332. The molecule has 0 amide bonds. The van der Waals surface area contributed by atoms with Crippen LogP contribution in [0.3, 0.4) is 0 Å². The molecule has 2 aromatic heterocycles. The third-order valence-electron chi connectivity index (χ3n) is 3.23. The molecule has 1 aliphatic heterocycles. The van der Waals surface area contributed by atoms with Gasteiger partial charge in [0.1, 0.15) is 0 Å². The molecule has 1 N–H and O–H groups in total. The molecule has 1 fully saturated rings. The summed E-state index contributed by atoms with van der Waals surface area (Å²) in [5.74, 6) is 5.98. The van der Waals surface area contributed by atoms with E-state index in [-0.39, 0.29) is 6.04 Å². The van der Waals surface area contributed by atoms with E-state index in [9.17, 15) is 0 Å². The lowest BCUT2D eigenvalue weighted by Gasteiger charge is -2.18. The Morgan fingerprint density at radius 3 is 2.86 bits per heavy atom. The van der Waals surface area contributed by atoms with Crippen LogP contribution in [0.4, 0.5) is 0 Å². The van der Waals surface area contributed by atoms with Crippen molar-refractivity contribution in [2.24, 2.45) is 0 Å². The van der Waals surface area contributed by atoms with E-state index >= 15 is 0 Å². The van der Waals surface area contributed by atoms with Crippen molar-refractivity contribution in [1.29, 1.82) is 0 Å². The SMILES string of the molecule is CC(NC1CSCCSC1)c1nc(-c2cccnc2)no1. The average molecular weight is 322 g/mol. The van der Waals surface area contributed by atoms with Gasteiger partial charge in [-0.05, 0) is 19.1 Å². The van der Waals surface area contributed by atoms with Gasteiger partial charge in [0.15, 0.2) is 0 Å². The van der Waals surface area contributed by atoms with Gasteiger partial charge in [-0.3, -0.25) is 4.98 Å². The lowest BCUT2D eigenvalue weighted by atomic mass is 10.2. The Kier molecular flexibility index (Phi) is 5.16. The summed E-state index contributed by atoms with van der Waals surface area (Å²) in [5, 5.41) is 7.63. The maximum atomic E-state index is 5.39. The summed E-state index contributed by atoms with van der Waals surface area (Å²) in [6, 6.07) is 4.35. The van der Waals surface area contributed by atoms with Gasteiger partial charge in [-0.25, -0.2) is 0 Å². The molecule has 1 aliphatic rings. The molecule has 0 aromatic carbocycles. The quantitative estimate of drug-likeness (QED) is 0.928. The average Bonchev–Trinajstić information content (AvgIpc) is 2.88. The van der Waals surface area contributed by atoms with E-state index in [1.807, 2.05) is 35.7 Å². The second-order valence-corrected chi connectivity index (χ2v) is 7.23. The summed E-state index contributed by atoms with van der Waals surface area (Å²) in [6.45, 7) is 2.07. The Morgan fingerprint density at radius 2 is 2.14 bits per heavy atom. The summed E-state index contributed by atoms with van der Waals surface area (Å²) in [4.78, 5) is 8.55. The first-order chi connectivity index (χ1) is 10.3. The van der Waals surface area contributed by atoms with Gasteiger partial charge in [0.2, 0.25) is 11.7 Å². The highest BCUT2D eigenvalue weighted by Crippen LogP contribution is 2.21. The minimum atomic E-state index is 0.0622. The molecule has 0 saturated carbocycles. The smallest absolute Gasteiger partial charge is 0.243 e. The van der Waals surface area contributed by atoms with Crippen LogP contribution in [0.1, 0.15) is 18.9 Å². The van der Waals surface area contributed by atoms with E-state index < -0.39 is 0 Å². The summed E-state index contributed by atoms with van der Waals surface area (Å²) in [6.07, 6.45) is 3.47. The molecule has 3 rings (SSSR count). The van der Waals surface area contributed by atoms with E-state index in [4.69, 9.17) is 4.52 Å². The maximum Gasteiger partial charge on any atom is 0.243 e. The highest BCUT2D eigenvalue weighted by atomic mass is 32.2. The van der Waals surface area contributed by atoms with Crippen molar-refractivity contribution in [3.8, 4) is 11.4 Å². The molecule has 0 spiro atoms. The molecule has 0 aliphatic carbocycles. The zero-order chi connectivity index (χ0) is 14.5. The zero-order valence-electron chi connectivity index (χ0n) is 11.9. The van der Waals surface area contributed by atoms with Crippen LogP contribution in [0.5, 0.6) is 0 Å². The van der Waals surface area contributed by atoms with Crippen LogP contribution in [-0.4, -0.2) is 44.2 Å². The monoisotopic (exact) mass is 322 g/mol. The van der Waals surface area contributed by atoms with Gasteiger partial charge in [-0.15, -0.1) is 0 Å². The molecule has 0 bridgehead atoms. The van der Waals surface area contributed by atoms with Crippen LogP contribution in [0, 0.1) is 0 Å². The largest absolute Gasteiger partial charge is 0.337 e. The fraction of sp³-hybridized carbons (Fsp3) is 0.500. The van der Waals surface area contributed by atoms with Crippen molar-refractivity contribution in [3.63, 3.8) is 0 Å². The van der Waals surface area contributed by atoms with Gasteiger partial charge in [-0.2, -0.15) is 28.5 Å². The number of nitrogens with one attached hydrogen (secondary N) is 1. The highest BCUT2D eigenvalue weighted by Gasteiger charge is 2.20. The Hall–Kier alpha value is -1.05. The molecule has 21 heavy (non-hydrogen) atoms. The van der Waals surface area contributed by atoms with Crippen LogP contribution in [-0.2, 0) is 0 Å². The predicted octanol–water partition coefficient (Wildman–Crippen LogP) is 2.63. The van der Waals surface area contributed by atoms with Crippen LogP contribution in [0.25, 0.3) is 11.4 Å². The summed E-state index contributed by atoms with van der Waals surface area (Å²) in [7, 11) is 0. The molecular formula is C14H18N4OS2. The van der Waals surface area contributed by atoms with E-state index in [1.165, 1.54) is 11.5 Å². The van der Waals surface area contributed by atoms with Crippen molar-refractivity contribution >= 4 is 23.5 Å². The van der Waals surface area contributed by atoms with Crippen LogP contribution in [0.2, 0.25) is 0 Å². The lowest BCUT2D eigenvalue weighted by Crippen LogP contribution is -2.35. The number of aromatic nitrogens is 3. The Balaban J connectivity index is 1.65. The third-order valence-corrected chi connectivity index (χ3v) is 5.75. The molecule has 2 aromatic rings. The fourth-order valence-corrected chi connectivity index (χ4v) is 4.58. The standard InChI is InChI=1S/C14H18N4OS2/c1-10(16-12-8-20-5-6-21-9-12)14-17-13(18-19-14)11-3-2-4-15-7-11/h2-4,7,10,12,16H,5-6,8-9H2,1H3. The molecule has 1 atom stereocenters. The van der Waals surface area contributed by atoms with Crippen LogP contribution in [0.15, 0.2) is 29.0 Å². The number of rotatable bonds is 4. The van der Waals surface area contributed by atoms with Crippen molar-refractivity contribution in [1.82, 2.24) is 20.4 Å². The normalized spacial score (nSPS) is 18.3. The zero-order valence-corrected chi connectivity index (χ0v) is 13.5. The van der Waals surface area contributed by atoms with Gasteiger partial charge in [0.05, 0.1) is 6.04 Å². The number of hydrogen-bond donors (Lipinski definition) is 1. The topological polar surface area (TPSA) is 63.8 Å². The van der Waals surface area contributed by atoms with Crippen LogP contribution >= 0.6 is 23.5 Å². The second kappa shape index (κ2) is 7.29. The highest BCUT2D eigenvalue weighted by molar-refractivity contribution is 8.03. The summed E-state index contributed by atoms with van der Waals surface area (Å²) >= 11 is 4.01. The number of thioether (sulfide) groups is 2. The van der Waals surface area contributed by atoms with Crippen molar-refractivity contribution < 1.29 is 4.52 Å². The Bertz CT molecular complexity index is 555. The maximum absolute atomic E-state index is 5.39. The van der Waals surface area contributed by atoms with Gasteiger partial charge in [0.25, 0.3) is 0 Å². The molecule has 0 radical (unpaired) electrons. The van der Waals surface area contributed by atoms with Gasteiger partial charge in [0, 0.05) is 47.0 Å². The molecular weight excluding hydrogens is 304 g/mol. The molecule has 5 nitrogen and oxygen atoms in total. The first-order valence-electron chi connectivity index (χ1n) is 6.98. The van der Waals surface area contributed by atoms with Crippen LogP contribution < -0.4 is 5.32 Å².